The van der Waals surface area contributed by atoms with Crippen LogP contribution in [0.15, 0.2) is 28.9 Å². The van der Waals surface area contributed by atoms with Gasteiger partial charge in [0.25, 0.3) is 5.91 Å². The number of carbonyl (C=O) groups is 2. The monoisotopic (exact) mass is 373 g/mol. The van der Waals surface area contributed by atoms with Crippen LogP contribution in [0, 0.1) is 6.92 Å². The fourth-order valence-electron chi connectivity index (χ4n) is 2.97. The third-order valence-electron chi connectivity index (χ3n) is 4.43. The number of nitrogens with zero attached hydrogens (tertiary/aromatic N) is 4. The zero-order valence-electron chi connectivity index (χ0n) is 15.4. The quantitative estimate of drug-likeness (QED) is 0.826. The molecule has 1 aliphatic rings. The highest BCUT2D eigenvalue weighted by Gasteiger charge is 2.31. The number of hydrogen-bond donors (Lipinski definition) is 1. The van der Waals surface area contributed by atoms with Crippen LogP contribution in [0.25, 0.3) is 0 Å². The topological polar surface area (TPSA) is 115 Å². The van der Waals surface area contributed by atoms with E-state index in [2.05, 4.69) is 10.1 Å². The summed E-state index contributed by atoms with van der Waals surface area (Å²) in [7, 11) is 1.70. The van der Waals surface area contributed by atoms with Gasteiger partial charge < -0.3 is 24.8 Å². The maximum atomic E-state index is 12.8. The molecule has 2 N–H and O–H groups in total. The molecule has 9 heteroatoms. The minimum absolute atomic E-state index is 0.0978. The Morgan fingerprint density at radius 2 is 2.22 bits per heavy atom. The lowest BCUT2D eigenvalue weighted by molar-refractivity contribution is -0.133. The Kier molecular flexibility index (Phi) is 5.70. The van der Waals surface area contributed by atoms with Crippen molar-refractivity contribution in [2.24, 2.45) is 0 Å². The molecule has 0 spiro atoms. The number of aromatic nitrogens is 2. The van der Waals surface area contributed by atoms with Crippen LogP contribution in [-0.4, -0.2) is 64.6 Å². The second-order valence-corrected chi connectivity index (χ2v) is 6.58. The van der Waals surface area contributed by atoms with E-state index in [-0.39, 0.29) is 24.3 Å². The molecule has 3 rings (SSSR count). The van der Waals surface area contributed by atoms with Gasteiger partial charge in [0.1, 0.15) is 17.3 Å². The lowest BCUT2D eigenvalue weighted by Gasteiger charge is -2.36. The van der Waals surface area contributed by atoms with Gasteiger partial charge in [-0.15, -0.1) is 0 Å². The minimum Gasteiger partial charge on any atom is -0.384 e. The summed E-state index contributed by atoms with van der Waals surface area (Å²) in [5.41, 5.74) is 6.70. The maximum absolute atomic E-state index is 12.8. The fraction of sp³-hybridized carbons (Fsp3) is 0.444. The van der Waals surface area contributed by atoms with Gasteiger partial charge in [-0.1, -0.05) is 5.16 Å². The zero-order chi connectivity index (χ0) is 19.4. The van der Waals surface area contributed by atoms with Gasteiger partial charge in [0.15, 0.2) is 0 Å². The SMILES string of the molecule is Cc1cc(CN(C)C(=O)CC2COCCN2C(=O)c2ccc(N)nc2)no1. The number of aryl methyl sites for hydroxylation is 1. The summed E-state index contributed by atoms with van der Waals surface area (Å²) in [6.07, 6.45) is 1.62. The van der Waals surface area contributed by atoms with Crippen LogP contribution in [0.5, 0.6) is 0 Å². The predicted octanol–water partition coefficient (Wildman–Crippen LogP) is 0.850. The van der Waals surface area contributed by atoms with Crippen LogP contribution < -0.4 is 5.73 Å². The Balaban J connectivity index is 1.65. The molecule has 1 unspecified atom stereocenters. The molecule has 0 bridgehead atoms. The summed E-state index contributed by atoms with van der Waals surface area (Å²) in [6.45, 7) is 3.32. The number of pyridine rings is 1. The Morgan fingerprint density at radius 3 is 2.89 bits per heavy atom. The van der Waals surface area contributed by atoms with Crippen LogP contribution in [0.1, 0.15) is 28.2 Å². The average Bonchev–Trinajstić information content (AvgIpc) is 3.07. The minimum atomic E-state index is -0.335. The molecule has 0 radical (unpaired) electrons. The van der Waals surface area contributed by atoms with Crippen molar-refractivity contribution < 1.29 is 18.8 Å². The summed E-state index contributed by atoms with van der Waals surface area (Å²) in [4.78, 5) is 32.6. The van der Waals surface area contributed by atoms with E-state index in [9.17, 15) is 9.59 Å². The molecule has 0 aliphatic carbocycles. The first-order chi connectivity index (χ1) is 12.9. The number of rotatable bonds is 5. The van der Waals surface area contributed by atoms with Crippen molar-refractivity contribution in [3.63, 3.8) is 0 Å². The molecule has 0 saturated carbocycles. The predicted molar refractivity (Wildman–Crippen MR) is 96.6 cm³/mol. The Labute approximate surface area is 157 Å². The molecular weight excluding hydrogens is 350 g/mol. The normalized spacial score (nSPS) is 17.0. The van der Waals surface area contributed by atoms with E-state index >= 15 is 0 Å². The van der Waals surface area contributed by atoms with Crippen molar-refractivity contribution in [2.75, 3.05) is 32.5 Å². The lowest BCUT2D eigenvalue weighted by Crippen LogP contribution is -2.50. The summed E-state index contributed by atoms with van der Waals surface area (Å²) in [5, 5.41) is 3.90. The summed E-state index contributed by atoms with van der Waals surface area (Å²) >= 11 is 0. The number of anilines is 1. The molecule has 1 atom stereocenters. The Hall–Kier alpha value is -2.94. The molecule has 0 aromatic carbocycles. The summed E-state index contributed by atoms with van der Waals surface area (Å²) in [5.74, 6) is 0.767. The Morgan fingerprint density at radius 1 is 1.41 bits per heavy atom. The molecular formula is C18H23N5O4. The van der Waals surface area contributed by atoms with E-state index in [4.69, 9.17) is 15.0 Å². The highest BCUT2D eigenvalue weighted by Crippen LogP contribution is 2.17. The molecule has 1 saturated heterocycles. The van der Waals surface area contributed by atoms with Gasteiger partial charge in [0, 0.05) is 32.3 Å². The van der Waals surface area contributed by atoms with Crippen molar-refractivity contribution in [2.45, 2.75) is 25.9 Å². The van der Waals surface area contributed by atoms with Crippen LogP contribution in [-0.2, 0) is 16.1 Å². The number of nitrogens with two attached hydrogens (primary N) is 1. The molecule has 1 aliphatic heterocycles. The van der Waals surface area contributed by atoms with Gasteiger partial charge in [-0.05, 0) is 19.1 Å². The second kappa shape index (κ2) is 8.17. The van der Waals surface area contributed by atoms with Gasteiger partial charge >= 0.3 is 0 Å². The number of ether oxygens (including phenoxy) is 1. The van der Waals surface area contributed by atoms with Crippen molar-refractivity contribution >= 4 is 17.6 Å². The highest BCUT2D eigenvalue weighted by molar-refractivity contribution is 5.94. The number of morpholine rings is 1. The van der Waals surface area contributed by atoms with Crippen LogP contribution in [0.2, 0.25) is 0 Å². The number of nitrogen functional groups attached to an aromatic ring is 1. The van der Waals surface area contributed by atoms with Crippen molar-refractivity contribution in [3.8, 4) is 0 Å². The van der Waals surface area contributed by atoms with Crippen LogP contribution >= 0.6 is 0 Å². The highest BCUT2D eigenvalue weighted by atomic mass is 16.5. The lowest BCUT2D eigenvalue weighted by atomic mass is 10.1. The second-order valence-electron chi connectivity index (χ2n) is 6.58. The first-order valence-corrected chi connectivity index (χ1v) is 8.70. The standard InChI is InChI=1S/C18H23N5O4/c1-12-7-14(21-27-12)10-22(2)17(24)8-15-11-26-6-5-23(15)18(25)13-3-4-16(19)20-9-13/h3-4,7,9,15H,5-6,8,10-11H2,1-2H3,(H2,19,20). The largest absolute Gasteiger partial charge is 0.384 e. The fourth-order valence-corrected chi connectivity index (χ4v) is 2.97. The maximum Gasteiger partial charge on any atom is 0.255 e. The molecule has 2 aromatic heterocycles. The third kappa shape index (κ3) is 4.62. The van der Waals surface area contributed by atoms with Crippen molar-refractivity contribution in [1.29, 1.82) is 0 Å². The molecule has 2 aromatic rings. The number of hydrogen-bond acceptors (Lipinski definition) is 7. The van der Waals surface area contributed by atoms with E-state index in [0.29, 0.717) is 49.1 Å². The van der Waals surface area contributed by atoms with Gasteiger partial charge in [-0.3, -0.25) is 9.59 Å². The summed E-state index contributed by atoms with van der Waals surface area (Å²) < 4.78 is 10.5. The zero-order valence-corrected chi connectivity index (χ0v) is 15.4. The van der Waals surface area contributed by atoms with Gasteiger partial charge in [-0.2, -0.15) is 0 Å². The molecule has 27 heavy (non-hydrogen) atoms. The van der Waals surface area contributed by atoms with Gasteiger partial charge in [-0.25, -0.2) is 4.98 Å². The third-order valence-corrected chi connectivity index (χ3v) is 4.43. The first kappa shape index (κ1) is 18.8. The molecule has 9 nitrogen and oxygen atoms in total. The van der Waals surface area contributed by atoms with Crippen molar-refractivity contribution in [3.05, 3.63) is 41.4 Å². The van der Waals surface area contributed by atoms with Crippen LogP contribution in [0.3, 0.4) is 0 Å². The smallest absolute Gasteiger partial charge is 0.255 e. The summed E-state index contributed by atoms with van der Waals surface area (Å²) in [6, 6.07) is 4.68. The van der Waals surface area contributed by atoms with Crippen molar-refractivity contribution in [1.82, 2.24) is 19.9 Å². The molecule has 3 heterocycles. The number of carbonyl (C=O) groups excluding carboxylic acids is 2. The van der Waals surface area contributed by atoms with E-state index in [1.165, 1.54) is 6.20 Å². The molecule has 144 valence electrons. The van der Waals surface area contributed by atoms with Gasteiger partial charge in [0.05, 0.1) is 31.4 Å². The van der Waals surface area contributed by atoms with E-state index < -0.39 is 0 Å². The molecule has 1 fully saturated rings. The molecule has 2 amide bonds. The van der Waals surface area contributed by atoms with E-state index in [1.807, 2.05) is 0 Å². The number of amides is 2. The van der Waals surface area contributed by atoms with E-state index in [1.54, 1.807) is 42.0 Å². The Bertz CT molecular complexity index is 804. The average molecular weight is 373 g/mol. The first-order valence-electron chi connectivity index (χ1n) is 8.70. The van der Waals surface area contributed by atoms with E-state index in [0.717, 1.165) is 0 Å². The van der Waals surface area contributed by atoms with Crippen LogP contribution in [0.4, 0.5) is 5.82 Å². The van der Waals surface area contributed by atoms with Gasteiger partial charge in [0.2, 0.25) is 5.91 Å².